The Bertz CT molecular complexity index is 1570. The van der Waals surface area contributed by atoms with Crippen LogP contribution < -0.4 is 5.46 Å². The number of benzene rings is 3. The molecule has 3 aromatic carbocycles. The molecule has 0 atom stereocenters. The molecular formula is C27H20BN3O3. The van der Waals surface area contributed by atoms with Crippen LogP contribution in [0.1, 0.15) is 5.82 Å². The van der Waals surface area contributed by atoms with Crippen LogP contribution in [0.15, 0.2) is 103 Å². The number of fused-ring (bicyclic) bond motifs is 3. The molecule has 0 aliphatic rings. The standard InChI is InChI=1S/C27H20BN3O3/c1-3-8-17(4-2)25-29-26(18-13-15-19(16-14-18)28(32)33)31-27(30-25)22-11-7-10-21-20-9-5-6-12-23(20)34-24(21)22/h3-16,32-33H,1-2H2/b17-8+. The van der Waals surface area contributed by atoms with Crippen molar-refractivity contribution in [3.8, 4) is 22.8 Å². The van der Waals surface area contributed by atoms with Crippen molar-refractivity contribution in [1.29, 1.82) is 0 Å². The van der Waals surface area contributed by atoms with Crippen molar-refractivity contribution in [1.82, 2.24) is 15.0 Å². The van der Waals surface area contributed by atoms with Gasteiger partial charge in [0.2, 0.25) is 0 Å². The molecule has 0 bridgehead atoms. The summed E-state index contributed by atoms with van der Waals surface area (Å²) in [4.78, 5) is 14.1. The van der Waals surface area contributed by atoms with Crippen molar-refractivity contribution in [2.24, 2.45) is 0 Å². The van der Waals surface area contributed by atoms with Crippen LogP contribution in [0.5, 0.6) is 0 Å². The molecule has 7 heteroatoms. The van der Waals surface area contributed by atoms with Gasteiger partial charge in [0.1, 0.15) is 11.2 Å². The van der Waals surface area contributed by atoms with Gasteiger partial charge in [-0.15, -0.1) is 0 Å². The normalized spacial score (nSPS) is 11.6. The molecule has 5 aromatic rings. The van der Waals surface area contributed by atoms with E-state index in [1.165, 1.54) is 0 Å². The van der Waals surface area contributed by atoms with E-state index in [1.807, 2.05) is 42.5 Å². The molecule has 6 nitrogen and oxygen atoms in total. The number of hydrogen-bond acceptors (Lipinski definition) is 6. The lowest BCUT2D eigenvalue weighted by molar-refractivity contribution is 0.426. The second-order valence-corrected chi connectivity index (χ2v) is 7.64. The molecule has 34 heavy (non-hydrogen) atoms. The summed E-state index contributed by atoms with van der Waals surface area (Å²) in [5, 5.41) is 20.8. The predicted molar refractivity (Wildman–Crippen MR) is 136 cm³/mol. The Balaban J connectivity index is 1.75. The van der Waals surface area contributed by atoms with E-state index < -0.39 is 7.12 Å². The van der Waals surface area contributed by atoms with Gasteiger partial charge < -0.3 is 14.5 Å². The number of para-hydroxylation sites is 2. The summed E-state index contributed by atoms with van der Waals surface area (Å²) in [6, 6.07) is 20.5. The maximum atomic E-state index is 9.42. The summed E-state index contributed by atoms with van der Waals surface area (Å²) in [6.45, 7) is 7.65. The lowest BCUT2D eigenvalue weighted by Crippen LogP contribution is -2.29. The van der Waals surface area contributed by atoms with Gasteiger partial charge in [0.05, 0.1) is 5.56 Å². The number of hydrogen-bond donors (Lipinski definition) is 2. The minimum absolute atomic E-state index is 0.378. The van der Waals surface area contributed by atoms with E-state index in [-0.39, 0.29) is 0 Å². The highest BCUT2D eigenvalue weighted by molar-refractivity contribution is 6.58. The molecule has 164 valence electrons. The molecule has 0 fully saturated rings. The van der Waals surface area contributed by atoms with Gasteiger partial charge in [0.15, 0.2) is 17.5 Å². The Morgan fingerprint density at radius 3 is 2.29 bits per heavy atom. The Morgan fingerprint density at radius 1 is 0.824 bits per heavy atom. The van der Waals surface area contributed by atoms with Gasteiger partial charge in [-0.3, -0.25) is 0 Å². The second kappa shape index (κ2) is 8.90. The highest BCUT2D eigenvalue weighted by Crippen LogP contribution is 2.35. The van der Waals surface area contributed by atoms with E-state index in [2.05, 4.69) is 18.1 Å². The van der Waals surface area contributed by atoms with Crippen molar-refractivity contribution in [3.05, 3.63) is 104 Å². The fourth-order valence-corrected chi connectivity index (χ4v) is 3.84. The van der Waals surface area contributed by atoms with E-state index in [9.17, 15) is 10.0 Å². The van der Waals surface area contributed by atoms with Crippen LogP contribution in [-0.2, 0) is 0 Å². The minimum Gasteiger partial charge on any atom is -0.455 e. The third kappa shape index (κ3) is 3.83. The molecule has 0 saturated carbocycles. The molecule has 2 heterocycles. The Kier molecular flexibility index (Phi) is 5.63. The summed E-state index contributed by atoms with van der Waals surface area (Å²) in [5.41, 5.74) is 3.99. The zero-order chi connectivity index (χ0) is 23.7. The number of furan rings is 1. The fraction of sp³-hybridized carbons (Fsp3) is 0. The third-order valence-corrected chi connectivity index (χ3v) is 5.52. The van der Waals surface area contributed by atoms with E-state index >= 15 is 0 Å². The maximum absolute atomic E-state index is 9.42. The zero-order valence-corrected chi connectivity index (χ0v) is 18.2. The molecule has 5 rings (SSSR count). The number of allylic oxidation sites excluding steroid dienone is 4. The van der Waals surface area contributed by atoms with Crippen LogP contribution in [0.25, 0.3) is 50.3 Å². The smallest absolute Gasteiger partial charge is 0.455 e. The highest BCUT2D eigenvalue weighted by atomic mass is 16.4. The van der Waals surface area contributed by atoms with Gasteiger partial charge in [-0.05, 0) is 17.6 Å². The minimum atomic E-state index is -1.55. The SMILES string of the molecule is C=C/C=C(\C=C)c1nc(-c2ccc(B(O)O)cc2)nc(-c2cccc3c2oc2ccccc23)n1. The van der Waals surface area contributed by atoms with Crippen molar-refractivity contribution in [2.75, 3.05) is 0 Å². The first-order valence-electron chi connectivity index (χ1n) is 10.7. The third-order valence-electron chi connectivity index (χ3n) is 5.52. The van der Waals surface area contributed by atoms with E-state index in [0.29, 0.717) is 39.7 Å². The summed E-state index contributed by atoms with van der Waals surface area (Å²) < 4.78 is 6.19. The first-order valence-corrected chi connectivity index (χ1v) is 10.7. The summed E-state index contributed by atoms with van der Waals surface area (Å²) >= 11 is 0. The van der Waals surface area contributed by atoms with Gasteiger partial charge in [-0.25, -0.2) is 15.0 Å². The lowest BCUT2D eigenvalue weighted by Gasteiger charge is -2.09. The van der Waals surface area contributed by atoms with Crippen molar-refractivity contribution < 1.29 is 14.5 Å². The first kappa shape index (κ1) is 21.5. The largest absolute Gasteiger partial charge is 0.488 e. The average molecular weight is 445 g/mol. The molecule has 0 amide bonds. The summed E-state index contributed by atoms with van der Waals surface area (Å²) in [7, 11) is -1.55. The molecular weight excluding hydrogens is 425 g/mol. The van der Waals surface area contributed by atoms with Crippen LogP contribution in [0.2, 0.25) is 0 Å². The molecule has 0 saturated heterocycles. The second-order valence-electron chi connectivity index (χ2n) is 7.64. The van der Waals surface area contributed by atoms with Crippen LogP contribution in [0.4, 0.5) is 0 Å². The Morgan fingerprint density at radius 2 is 1.56 bits per heavy atom. The number of aromatic nitrogens is 3. The molecule has 2 aromatic heterocycles. The zero-order valence-electron chi connectivity index (χ0n) is 18.2. The topological polar surface area (TPSA) is 92.3 Å². The maximum Gasteiger partial charge on any atom is 0.488 e. The Labute approximate surface area is 196 Å². The van der Waals surface area contributed by atoms with Gasteiger partial charge in [0.25, 0.3) is 0 Å². The molecule has 0 unspecified atom stereocenters. The van der Waals surface area contributed by atoms with Crippen LogP contribution in [0, 0.1) is 0 Å². The molecule has 0 aliphatic heterocycles. The van der Waals surface area contributed by atoms with Gasteiger partial charge in [-0.1, -0.05) is 86.0 Å². The van der Waals surface area contributed by atoms with Crippen LogP contribution >= 0.6 is 0 Å². The van der Waals surface area contributed by atoms with E-state index in [0.717, 1.165) is 21.9 Å². The number of nitrogens with zero attached hydrogens (tertiary/aromatic N) is 3. The molecule has 0 spiro atoms. The fourth-order valence-electron chi connectivity index (χ4n) is 3.84. The highest BCUT2D eigenvalue weighted by Gasteiger charge is 2.18. The first-order chi connectivity index (χ1) is 16.6. The average Bonchev–Trinajstić information content (AvgIpc) is 3.26. The van der Waals surface area contributed by atoms with Crippen LogP contribution in [0.3, 0.4) is 0 Å². The van der Waals surface area contributed by atoms with Crippen LogP contribution in [-0.4, -0.2) is 32.1 Å². The van der Waals surface area contributed by atoms with Crippen molar-refractivity contribution in [2.45, 2.75) is 0 Å². The van der Waals surface area contributed by atoms with Crippen molar-refractivity contribution >= 4 is 40.1 Å². The number of rotatable bonds is 6. The predicted octanol–water partition coefficient (Wildman–Crippen LogP) is 4.54. The van der Waals surface area contributed by atoms with Gasteiger partial charge in [-0.2, -0.15) is 0 Å². The quantitative estimate of drug-likeness (QED) is 0.295. The summed E-state index contributed by atoms with van der Waals surface area (Å²) in [5.74, 6) is 1.32. The van der Waals surface area contributed by atoms with E-state index in [1.54, 1.807) is 42.5 Å². The van der Waals surface area contributed by atoms with Gasteiger partial charge >= 0.3 is 7.12 Å². The molecule has 0 radical (unpaired) electrons. The lowest BCUT2D eigenvalue weighted by atomic mass is 9.80. The summed E-state index contributed by atoms with van der Waals surface area (Å²) in [6.07, 6.45) is 5.10. The van der Waals surface area contributed by atoms with Gasteiger partial charge in [0, 0.05) is 21.9 Å². The molecule has 0 aliphatic carbocycles. The van der Waals surface area contributed by atoms with Crippen molar-refractivity contribution in [3.63, 3.8) is 0 Å². The van der Waals surface area contributed by atoms with E-state index in [4.69, 9.17) is 14.4 Å². The monoisotopic (exact) mass is 445 g/mol. The molecule has 2 N–H and O–H groups in total. The Hall–Kier alpha value is -4.33.